The Morgan fingerprint density at radius 3 is 2.53 bits per heavy atom. The van der Waals surface area contributed by atoms with Crippen LogP contribution in [-0.2, 0) is 22.3 Å². The molecule has 1 aromatic heterocycles. The molecule has 0 amide bonds. The summed E-state index contributed by atoms with van der Waals surface area (Å²) in [6.45, 7) is 2.01. The highest BCUT2D eigenvalue weighted by molar-refractivity contribution is 5.93. The normalized spacial score (nSPS) is 15.8. The minimum absolute atomic E-state index is 0.00466. The molecule has 0 fully saturated rings. The minimum atomic E-state index is -4.61. The first-order chi connectivity index (χ1) is 17.8. The third-order valence-electron chi connectivity index (χ3n) is 6.19. The van der Waals surface area contributed by atoms with Crippen LogP contribution in [0.1, 0.15) is 35.2 Å². The lowest BCUT2D eigenvalue weighted by molar-refractivity contribution is -0.884. The van der Waals surface area contributed by atoms with Crippen molar-refractivity contribution in [3.63, 3.8) is 0 Å². The number of nitrogens with one attached hydrogen (secondary N) is 1. The summed E-state index contributed by atoms with van der Waals surface area (Å²) < 4.78 is 47.3. The number of aromatic nitrogens is 3. The quantitative estimate of drug-likeness (QED) is 0.399. The standard InChI is InChI=1S/C26H25F3N6O3/c1-15-21(23(36)38-5)22(20-10-9-16(13-30)11-17(20)14-35(2,3)4)34-24(31-32-25(34)37)33(15)19-8-6-7-18(12-19)26(27,28)29/h6-12,22H,14H2,1-5H3/p+1. The van der Waals surface area contributed by atoms with Gasteiger partial charge in [-0.3, -0.25) is 4.90 Å². The van der Waals surface area contributed by atoms with Crippen LogP contribution in [0.4, 0.5) is 24.8 Å². The van der Waals surface area contributed by atoms with Crippen LogP contribution in [0.15, 0.2) is 58.5 Å². The molecule has 0 saturated carbocycles. The van der Waals surface area contributed by atoms with Gasteiger partial charge >= 0.3 is 17.8 Å². The van der Waals surface area contributed by atoms with Gasteiger partial charge in [-0.15, -0.1) is 5.10 Å². The fourth-order valence-corrected chi connectivity index (χ4v) is 4.67. The van der Waals surface area contributed by atoms with Crippen LogP contribution >= 0.6 is 0 Å². The number of carbonyl (C=O) groups is 1. The van der Waals surface area contributed by atoms with Gasteiger partial charge in [0, 0.05) is 16.9 Å². The first kappa shape index (κ1) is 26.7. The number of ether oxygens (including phenoxy) is 1. The zero-order valence-corrected chi connectivity index (χ0v) is 21.4. The van der Waals surface area contributed by atoms with Crippen LogP contribution in [0.3, 0.4) is 0 Å². The lowest BCUT2D eigenvalue weighted by Gasteiger charge is -2.36. The van der Waals surface area contributed by atoms with E-state index >= 15 is 0 Å². The van der Waals surface area contributed by atoms with Gasteiger partial charge in [0.2, 0.25) is 5.95 Å². The van der Waals surface area contributed by atoms with Gasteiger partial charge in [-0.05, 0) is 42.8 Å². The molecule has 1 aliphatic heterocycles. The molecule has 1 N–H and O–H groups in total. The number of H-pyrrole nitrogens is 1. The number of anilines is 2. The summed E-state index contributed by atoms with van der Waals surface area (Å²) in [5, 5.41) is 16.0. The maximum absolute atomic E-state index is 13.5. The number of hydrogen-bond donors (Lipinski definition) is 1. The molecule has 3 aromatic rings. The van der Waals surface area contributed by atoms with Gasteiger partial charge < -0.3 is 9.22 Å². The van der Waals surface area contributed by atoms with E-state index in [9.17, 15) is 28.0 Å². The van der Waals surface area contributed by atoms with E-state index < -0.39 is 29.4 Å². The van der Waals surface area contributed by atoms with Crippen molar-refractivity contribution in [2.45, 2.75) is 25.7 Å². The monoisotopic (exact) mass is 527 g/mol. The van der Waals surface area contributed by atoms with Gasteiger partial charge in [-0.1, -0.05) is 12.1 Å². The number of allylic oxidation sites excluding steroid dienone is 1. The van der Waals surface area contributed by atoms with Crippen LogP contribution in [0.2, 0.25) is 0 Å². The van der Waals surface area contributed by atoms with Crippen molar-refractivity contribution in [1.29, 1.82) is 5.26 Å². The van der Waals surface area contributed by atoms with Crippen molar-refractivity contribution in [2.24, 2.45) is 0 Å². The zero-order valence-electron chi connectivity index (χ0n) is 21.4. The summed E-state index contributed by atoms with van der Waals surface area (Å²) in [6, 6.07) is 10.6. The molecule has 4 rings (SSSR count). The molecule has 0 radical (unpaired) electrons. The highest BCUT2D eigenvalue weighted by Gasteiger charge is 2.41. The van der Waals surface area contributed by atoms with E-state index in [1.165, 1.54) is 28.7 Å². The number of aromatic amines is 1. The Hall–Kier alpha value is -4.37. The molecule has 12 heteroatoms. The SMILES string of the molecule is COC(=O)C1=C(C)N(c2cccc(C(F)(F)F)c2)c2n[nH]c(=O)n2C1c1ccc(C#N)cc1C[N+](C)(C)C. The van der Waals surface area contributed by atoms with Gasteiger partial charge in [0.1, 0.15) is 12.6 Å². The number of alkyl halides is 3. The topological polar surface area (TPSA) is 104 Å². The summed E-state index contributed by atoms with van der Waals surface area (Å²) in [7, 11) is 7.05. The maximum Gasteiger partial charge on any atom is 0.416 e. The Labute approximate surface area is 216 Å². The predicted octanol–water partition coefficient (Wildman–Crippen LogP) is 3.86. The van der Waals surface area contributed by atoms with E-state index in [0.717, 1.165) is 12.1 Å². The predicted molar refractivity (Wildman–Crippen MR) is 132 cm³/mol. The van der Waals surface area contributed by atoms with E-state index in [1.54, 1.807) is 25.1 Å². The first-order valence-electron chi connectivity index (χ1n) is 11.5. The molecule has 2 heterocycles. The van der Waals surface area contributed by atoms with Crippen molar-refractivity contribution < 1.29 is 27.2 Å². The Bertz CT molecular complexity index is 1540. The molecule has 0 saturated heterocycles. The number of hydrogen-bond acceptors (Lipinski definition) is 6. The van der Waals surface area contributed by atoms with Crippen molar-refractivity contribution in [1.82, 2.24) is 14.8 Å². The average Bonchev–Trinajstić information content (AvgIpc) is 3.22. The van der Waals surface area contributed by atoms with Gasteiger partial charge in [0.25, 0.3) is 0 Å². The Kier molecular flexibility index (Phi) is 6.67. The lowest BCUT2D eigenvalue weighted by Crippen LogP contribution is -2.39. The number of nitriles is 1. The maximum atomic E-state index is 13.5. The first-order valence-corrected chi connectivity index (χ1v) is 11.5. The molecule has 2 aromatic carbocycles. The molecule has 1 aliphatic rings. The van der Waals surface area contributed by atoms with E-state index in [1.807, 2.05) is 21.1 Å². The third kappa shape index (κ3) is 4.80. The molecule has 0 bridgehead atoms. The molecule has 1 atom stereocenters. The van der Waals surface area contributed by atoms with Crippen molar-refractivity contribution >= 4 is 17.6 Å². The molecule has 9 nitrogen and oxygen atoms in total. The fraction of sp³-hybridized carbons (Fsp3) is 0.308. The Balaban J connectivity index is 2.04. The summed E-state index contributed by atoms with van der Waals surface area (Å²) in [5.74, 6) is -0.756. The second-order valence-corrected chi connectivity index (χ2v) is 9.95. The number of methoxy groups -OCH3 is 1. The number of quaternary nitrogens is 1. The number of esters is 1. The van der Waals surface area contributed by atoms with Crippen LogP contribution in [0.5, 0.6) is 0 Å². The van der Waals surface area contributed by atoms with Gasteiger partial charge in [0.05, 0.1) is 51.0 Å². The molecular formula is C26H26F3N6O3+. The number of nitrogens with zero attached hydrogens (tertiary/aromatic N) is 5. The molecular weight excluding hydrogens is 501 g/mol. The van der Waals surface area contributed by atoms with Crippen molar-refractivity contribution in [2.75, 3.05) is 33.2 Å². The average molecular weight is 528 g/mol. The van der Waals surface area contributed by atoms with Gasteiger partial charge in [-0.25, -0.2) is 19.3 Å². The van der Waals surface area contributed by atoms with Crippen molar-refractivity contribution in [3.05, 3.63) is 86.5 Å². The fourth-order valence-electron chi connectivity index (χ4n) is 4.67. The lowest BCUT2D eigenvalue weighted by atomic mass is 9.89. The number of carbonyl (C=O) groups excluding carboxylic acids is 1. The Morgan fingerprint density at radius 1 is 1.21 bits per heavy atom. The van der Waals surface area contributed by atoms with Crippen LogP contribution < -0.4 is 10.6 Å². The van der Waals surface area contributed by atoms with Crippen LogP contribution in [0, 0.1) is 11.3 Å². The molecule has 1 unspecified atom stereocenters. The Morgan fingerprint density at radius 2 is 1.92 bits per heavy atom. The van der Waals surface area contributed by atoms with Crippen LogP contribution in [-0.4, -0.2) is 53.5 Å². The largest absolute Gasteiger partial charge is 0.466 e. The molecule has 198 valence electrons. The number of benzene rings is 2. The molecule has 0 aliphatic carbocycles. The molecule has 38 heavy (non-hydrogen) atoms. The molecule has 0 spiro atoms. The number of rotatable bonds is 5. The summed E-state index contributed by atoms with van der Waals surface area (Å²) in [5.41, 5.74) is 0.458. The van der Waals surface area contributed by atoms with E-state index in [4.69, 9.17) is 4.74 Å². The van der Waals surface area contributed by atoms with Gasteiger partial charge in [-0.2, -0.15) is 18.4 Å². The second kappa shape index (κ2) is 9.50. The van der Waals surface area contributed by atoms with E-state index in [-0.39, 0.29) is 22.9 Å². The van der Waals surface area contributed by atoms with Crippen LogP contribution in [0.25, 0.3) is 0 Å². The van der Waals surface area contributed by atoms with Crippen molar-refractivity contribution in [3.8, 4) is 6.07 Å². The second-order valence-electron chi connectivity index (χ2n) is 9.95. The minimum Gasteiger partial charge on any atom is -0.466 e. The number of halogens is 3. The van der Waals surface area contributed by atoms with E-state index in [0.29, 0.717) is 27.7 Å². The summed E-state index contributed by atoms with van der Waals surface area (Å²) in [6.07, 6.45) is -4.61. The summed E-state index contributed by atoms with van der Waals surface area (Å²) >= 11 is 0. The highest BCUT2D eigenvalue weighted by atomic mass is 19.4. The number of fused-ring (bicyclic) bond motifs is 1. The highest BCUT2D eigenvalue weighted by Crippen LogP contribution is 2.43. The third-order valence-corrected chi connectivity index (χ3v) is 6.19. The van der Waals surface area contributed by atoms with E-state index in [2.05, 4.69) is 16.3 Å². The smallest absolute Gasteiger partial charge is 0.416 e. The summed E-state index contributed by atoms with van der Waals surface area (Å²) in [4.78, 5) is 27.7. The van der Waals surface area contributed by atoms with Gasteiger partial charge in [0.15, 0.2) is 0 Å². The zero-order chi connectivity index (χ0) is 28.0.